The zero-order valence-corrected chi connectivity index (χ0v) is 18.6. The van der Waals surface area contributed by atoms with Crippen molar-refractivity contribution in [1.29, 1.82) is 0 Å². The van der Waals surface area contributed by atoms with Crippen LogP contribution in [-0.4, -0.2) is 26.0 Å². The van der Waals surface area contributed by atoms with E-state index in [4.69, 9.17) is 0 Å². The molecule has 0 saturated heterocycles. The van der Waals surface area contributed by atoms with Crippen molar-refractivity contribution in [2.75, 3.05) is 10.7 Å². The summed E-state index contributed by atoms with van der Waals surface area (Å²) in [6.45, 7) is 8.25. The molecule has 1 aliphatic heterocycles. The topological polar surface area (TPSA) is 71.8 Å². The number of aromatic nitrogens is 3. The van der Waals surface area contributed by atoms with Gasteiger partial charge in [-0.25, -0.2) is 4.68 Å². The molecule has 30 heavy (non-hydrogen) atoms. The summed E-state index contributed by atoms with van der Waals surface area (Å²) in [7, 11) is 0. The number of amides is 1. The lowest BCUT2D eigenvalue weighted by molar-refractivity contribution is -0.116. The minimum Gasteiger partial charge on any atom is -0.325 e. The monoisotopic (exact) mass is 421 g/mol. The summed E-state index contributed by atoms with van der Waals surface area (Å²) in [5.41, 5.74) is 8.92. The molecule has 156 valence electrons. The molecular weight excluding hydrogens is 394 g/mol. The maximum absolute atomic E-state index is 13.4. The molecule has 1 amide bonds. The molecule has 0 unspecified atom stereocenters. The van der Waals surface area contributed by atoms with Crippen molar-refractivity contribution in [2.45, 2.75) is 57.0 Å². The van der Waals surface area contributed by atoms with Crippen LogP contribution < -0.4 is 10.7 Å². The molecule has 6 nitrogen and oxygen atoms in total. The molecule has 0 bridgehead atoms. The first kappa shape index (κ1) is 20.5. The molecule has 2 atom stereocenters. The van der Waals surface area contributed by atoms with Crippen LogP contribution in [0.1, 0.15) is 48.0 Å². The number of nitrogens with zero attached hydrogens (tertiary/aromatic N) is 3. The lowest BCUT2D eigenvalue weighted by Crippen LogP contribution is -2.41. The number of hydrogen-bond acceptors (Lipinski definition) is 5. The lowest BCUT2D eigenvalue weighted by atomic mass is 10.0. The van der Waals surface area contributed by atoms with Gasteiger partial charge in [-0.1, -0.05) is 67.6 Å². The van der Waals surface area contributed by atoms with Crippen molar-refractivity contribution < 1.29 is 4.79 Å². The fourth-order valence-corrected chi connectivity index (χ4v) is 4.79. The van der Waals surface area contributed by atoms with Crippen molar-refractivity contribution in [3.63, 3.8) is 0 Å². The fourth-order valence-electron chi connectivity index (χ4n) is 3.70. The maximum atomic E-state index is 13.4. The predicted octanol–water partition coefficient (Wildman–Crippen LogP) is 4.42. The standard InChI is InChI=1S/C23H27N5OS/c1-5-16-8-10-17(11-9-16)20-21(30-23-26-25-19(6-2)28(23)27-20)22(29)24-18-12-7-14(3)13-15(18)4/h7-13,20-21,27H,5-6H2,1-4H3,(H,24,29)/t20-,21-/m0/s1. The Morgan fingerprint density at radius 1 is 1.10 bits per heavy atom. The first-order valence-corrected chi connectivity index (χ1v) is 11.2. The van der Waals surface area contributed by atoms with Gasteiger partial charge in [0.25, 0.3) is 0 Å². The van der Waals surface area contributed by atoms with Gasteiger partial charge in [0.05, 0.1) is 6.04 Å². The Bertz CT molecular complexity index is 1060. The van der Waals surface area contributed by atoms with Crippen LogP contribution in [0.5, 0.6) is 0 Å². The van der Waals surface area contributed by atoms with Crippen molar-refractivity contribution in [1.82, 2.24) is 14.9 Å². The highest BCUT2D eigenvalue weighted by Gasteiger charge is 2.37. The number of benzene rings is 2. The number of hydrogen-bond donors (Lipinski definition) is 2. The molecule has 4 rings (SSSR count). The third kappa shape index (κ3) is 3.94. The van der Waals surface area contributed by atoms with Crippen molar-refractivity contribution in [3.05, 3.63) is 70.5 Å². The first-order chi connectivity index (χ1) is 14.5. The molecule has 2 aromatic carbocycles. The van der Waals surface area contributed by atoms with Crippen LogP contribution in [0.2, 0.25) is 0 Å². The summed E-state index contributed by atoms with van der Waals surface area (Å²) < 4.78 is 1.92. The third-order valence-corrected chi connectivity index (χ3v) is 6.68. The highest BCUT2D eigenvalue weighted by molar-refractivity contribution is 8.00. The second kappa shape index (κ2) is 8.52. The van der Waals surface area contributed by atoms with Crippen LogP contribution in [-0.2, 0) is 17.6 Å². The fraction of sp³-hybridized carbons (Fsp3) is 0.348. The molecule has 2 heterocycles. The summed E-state index contributed by atoms with van der Waals surface area (Å²) >= 11 is 1.46. The van der Waals surface area contributed by atoms with E-state index in [2.05, 4.69) is 58.2 Å². The summed E-state index contributed by atoms with van der Waals surface area (Å²) in [6, 6.07) is 14.3. The Kier molecular flexibility index (Phi) is 5.81. The predicted molar refractivity (Wildman–Crippen MR) is 122 cm³/mol. The minimum absolute atomic E-state index is 0.0451. The SMILES string of the molecule is CCc1ccc([C@@H]2Nn3c(CC)nnc3S[C@@H]2C(=O)Nc2ccc(C)cc2C)cc1. The summed E-state index contributed by atoms with van der Waals surface area (Å²) in [5.74, 6) is 0.817. The number of thioether (sulfide) groups is 1. The normalized spacial score (nSPS) is 17.9. The molecule has 1 aromatic heterocycles. The minimum atomic E-state index is -0.375. The number of aryl methyl sites for hydroxylation is 4. The van der Waals surface area contributed by atoms with Gasteiger partial charge in [0.15, 0.2) is 5.82 Å². The molecule has 1 aliphatic rings. The van der Waals surface area contributed by atoms with Gasteiger partial charge >= 0.3 is 0 Å². The zero-order chi connectivity index (χ0) is 21.3. The van der Waals surface area contributed by atoms with Gasteiger partial charge in [0.2, 0.25) is 11.1 Å². The molecule has 3 aromatic rings. The van der Waals surface area contributed by atoms with Crippen LogP contribution in [0.4, 0.5) is 5.69 Å². The lowest BCUT2D eigenvalue weighted by Gasteiger charge is -2.33. The number of fused-ring (bicyclic) bond motifs is 1. The molecule has 0 fully saturated rings. The van der Waals surface area contributed by atoms with Crippen LogP contribution >= 0.6 is 11.8 Å². The van der Waals surface area contributed by atoms with Crippen LogP contribution in [0.25, 0.3) is 0 Å². The van der Waals surface area contributed by atoms with Crippen molar-refractivity contribution >= 4 is 23.4 Å². The Balaban J connectivity index is 1.67. The van der Waals surface area contributed by atoms with E-state index in [-0.39, 0.29) is 17.2 Å². The summed E-state index contributed by atoms with van der Waals surface area (Å²) in [5, 5.41) is 12.0. The van der Waals surface area contributed by atoms with Gasteiger partial charge in [0.1, 0.15) is 5.25 Å². The molecule has 7 heteroatoms. The Morgan fingerprint density at radius 3 is 2.53 bits per heavy atom. The van der Waals surface area contributed by atoms with Gasteiger partial charge in [-0.05, 0) is 43.0 Å². The van der Waals surface area contributed by atoms with E-state index in [1.54, 1.807) is 0 Å². The smallest absolute Gasteiger partial charge is 0.240 e. The first-order valence-electron chi connectivity index (χ1n) is 10.3. The average Bonchev–Trinajstić information content (AvgIpc) is 3.17. The molecule has 0 spiro atoms. The van der Waals surface area contributed by atoms with Crippen LogP contribution in [0.15, 0.2) is 47.6 Å². The summed E-state index contributed by atoms with van der Waals surface area (Å²) in [4.78, 5) is 13.4. The van der Waals surface area contributed by atoms with Gasteiger partial charge in [-0.3, -0.25) is 4.79 Å². The van der Waals surface area contributed by atoms with Crippen LogP contribution in [0, 0.1) is 13.8 Å². The number of carbonyl (C=O) groups excluding carboxylic acids is 1. The van der Waals surface area contributed by atoms with Crippen molar-refractivity contribution in [2.24, 2.45) is 0 Å². The molecule has 0 radical (unpaired) electrons. The maximum Gasteiger partial charge on any atom is 0.240 e. The zero-order valence-electron chi connectivity index (χ0n) is 17.8. The largest absolute Gasteiger partial charge is 0.325 e. The molecule has 0 aliphatic carbocycles. The average molecular weight is 422 g/mol. The van der Waals surface area contributed by atoms with Gasteiger partial charge in [-0.15, -0.1) is 10.2 Å². The molecule has 2 N–H and O–H groups in total. The van der Waals surface area contributed by atoms with E-state index in [0.29, 0.717) is 5.16 Å². The highest BCUT2D eigenvalue weighted by atomic mass is 32.2. The van der Waals surface area contributed by atoms with E-state index in [9.17, 15) is 4.79 Å². The van der Waals surface area contributed by atoms with E-state index in [1.165, 1.54) is 22.9 Å². The summed E-state index contributed by atoms with van der Waals surface area (Å²) in [6.07, 6.45) is 1.75. The Hall–Kier alpha value is -2.80. The van der Waals surface area contributed by atoms with E-state index >= 15 is 0 Å². The quantitative estimate of drug-likeness (QED) is 0.638. The second-order valence-electron chi connectivity index (χ2n) is 7.64. The number of anilines is 1. The number of nitrogens with one attached hydrogen (secondary N) is 2. The Labute approximate surface area is 181 Å². The number of carbonyl (C=O) groups is 1. The van der Waals surface area contributed by atoms with Gasteiger partial charge < -0.3 is 10.7 Å². The van der Waals surface area contributed by atoms with E-state index in [0.717, 1.165) is 35.5 Å². The second-order valence-corrected chi connectivity index (χ2v) is 8.74. The van der Waals surface area contributed by atoms with E-state index < -0.39 is 0 Å². The van der Waals surface area contributed by atoms with Gasteiger partial charge in [0, 0.05) is 12.1 Å². The Morgan fingerprint density at radius 2 is 1.87 bits per heavy atom. The number of rotatable bonds is 5. The van der Waals surface area contributed by atoms with E-state index in [1.807, 2.05) is 37.6 Å². The highest BCUT2D eigenvalue weighted by Crippen LogP contribution is 2.38. The van der Waals surface area contributed by atoms with Gasteiger partial charge in [-0.2, -0.15) is 0 Å². The third-order valence-electron chi connectivity index (χ3n) is 5.47. The molecule has 0 saturated carbocycles. The molecular formula is C23H27N5OS. The van der Waals surface area contributed by atoms with Crippen LogP contribution in [0.3, 0.4) is 0 Å². The van der Waals surface area contributed by atoms with Crippen molar-refractivity contribution in [3.8, 4) is 0 Å².